The van der Waals surface area contributed by atoms with Gasteiger partial charge in [0.25, 0.3) is 0 Å². The zero-order valence-electron chi connectivity index (χ0n) is 22.3. The summed E-state index contributed by atoms with van der Waals surface area (Å²) in [5.41, 5.74) is 4.16. The van der Waals surface area contributed by atoms with Gasteiger partial charge in [-0.15, -0.1) is 5.10 Å². The molecule has 4 aromatic rings. The van der Waals surface area contributed by atoms with Gasteiger partial charge in [-0.1, -0.05) is 73.3 Å². The number of aliphatic hydroxyl groups excluding tert-OH is 1. The first-order valence-corrected chi connectivity index (χ1v) is 14.2. The van der Waals surface area contributed by atoms with Crippen molar-refractivity contribution in [3.05, 3.63) is 95.6 Å². The normalized spacial score (nSPS) is 20.7. The number of urea groups is 1. The van der Waals surface area contributed by atoms with Crippen molar-refractivity contribution >= 4 is 23.5 Å². The number of hydrogen-bond donors (Lipinski definition) is 3. The zero-order chi connectivity index (χ0) is 27.9. The highest BCUT2D eigenvalue weighted by molar-refractivity contribution is 7.99. The number of amides is 2. The largest absolute Gasteiger partial charge is 0.392 e. The van der Waals surface area contributed by atoms with Crippen LogP contribution < -0.4 is 10.6 Å². The molecule has 0 radical (unpaired) electrons. The van der Waals surface area contributed by atoms with Crippen molar-refractivity contribution in [2.75, 3.05) is 17.6 Å². The summed E-state index contributed by atoms with van der Waals surface area (Å²) in [7, 11) is 0. The van der Waals surface area contributed by atoms with Crippen LogP contribution in [0, 0.1) is 5.92 Å². The molecule has 40 heavy (non-hydrogen) atoms. The van der Waals surface area contributed by atoms with Gasteiger partial charge < -0.3 is 25.2 Å². The van der Waals surface area contributed by atoms with Gasteiger partial charge in [0.05, 0.1) is 24.5 Å². The van der Waals surface area contributed by atoms with E-state index < -0.39 is 6.29 Å². The number of benzene rings is 3. The second kappa shape index (κ2) is 13.1. The molecule has 0 aliphatic carbocycles. The molecule has 1 aliphatic rings. The maximum Gasteiger partial charge on any atom is 0.319 e. The molecule has 11 heteroatoms. The third-order valence-electron chi connectivity index (χ3n) is 6.70. The number of anilines is 1. The Labute approximate surface area is 237 Å². The van der Waals surface area contributed by atoms with Crippen molar-refractivity contribution in [2.24, 2.45) is 5.92 Å². The number of aliphatic hydroxyl groups is 1. The van der Waals surface area contributed by atoms with Crippen LogP contribution in [-0.2, 0) is 16.1 Å². The summed E-state index contributed by atoms with van der Waals surface area (Å²) in [4.78, 5) is 12.1. The van der Waals surface area contributed by atoms with Gasteiger partial charge in [-0.3, -0.25) is 0 Å². The van der Waals surface area contributed by atoms with E-state index in [4.69, 9.17) is 9.47 Å². The Morgan fingerprint density at radius 2 is 1.82 bits per heavy atom. The van der Waals surface area contributed by atoms with Gasteiger partial charge in [0.15, 0.2) is 6.29 Å². The highest BCUT2D eigenvalue weighted by Crippen LogP contribution is 2.43. The summed E-state index contributed by atoms with van der Waals surface area (Å²) in [6.07, 6.45) is -1.13. The molecular weight excluding hydrogens is 528 g/mol. The molecule has 2 heterocycles. The first-order chi connectivity index (χ1) is 19.6. The van der Waals surface area contributed by atoms with E-state index >= 15 is 0 Å². The number of ether oxygens (including phenoxy) is 2. The number of thioether (sulfide) groups is 1. The predicted molar refractivity (Wildman–Crippen MR) is 152 cm³/mol. The van der Waals surface area contributed by atoms with E-state index in [2.05, 4.69) is 33.1 Å². The van der Waals surface area contributed by atoms with Crippen molar-refractivity contribution in [2.45, 2.75) is 44.1 Å². The Bertz CT molecular complexity index is 1400. The lowest BCUT2D eigenvalue weighted by Gasteiger charge is -2.41. The van der Waals surface area contributed by atoms with Crippen LogP contribution >= 0.6 is 11.8 Å². The number of rotatable bonds is 9. The van der Waals surface area contributed by atoms with Crippen LogP contribution in [0.3, 0.4) is 0 Å². The minimum Gasteiger partial charge on any atom is -0.392 e. The number of aromatic nitrogens is 4. The maximum absolute atomic E-state index is 12.1. The fourth-order valence-electron chi connectivity index (χ4n) is 4.57. The van der Waals surface area contributed by atoms with Crippen molar-refractivity contribution in [1.82, 2.24) is 25.5 Å². The van der Waals surface area contributed by atoms with Gasteiger partial charge in [-0.05, 0) is 52.7 Å². The van der Waals surface area contributed by atoms with Gasteiger partial charge in [-0.25, -0.2) is 4.79 Å². The molecule has 1 fully saturated rings. The minimum absolute atomic E-state index is 0.00132. The van der Waals surface area contributed by atoms with Crippen LogP contribution in [0.4, 0.5) is 10.5 Å². The van der Waals surface area contributed by atoms with Gasteiger partial charge in [0, 0.05) is 29.5 Å². The minimum atomic E-state index is -0.662. The number of para-hydroxylation sites is 1. The number of nitrogens with one attached hydrogen (secondary N) is 2. The Morgan fingerprint density at radius 3 is 2.58 bits per heavy atom. The second-order valence-corrected chi connectivity index (χ2v) is 10.4. The van der Waals surface area contributed by atoms with E-state index in [1.165, 1.54) is 11.8 Å². The van der Waals surface area contributed by atoms with Crippen molar-refractivity contribution in [1.29, 1.82) is 0 Å². The van der Waals surface area contributed by atoms with Crippen LogP contribution in [0.1, 0.15) is 42.9 Å². The van der Waals surface area contributed by atoms with Gasteiger partial charge >= 0.3 is 6.03 Å². The van der Waals surface area contributed by atoms with E-state index in [1.54, 1.807) is 4.68 Å². The summed E-state index contributed by atoms with van der Waals surface area (Å²) in [6, 6.07) is 24.8. The summed E-state index contributed by atoms with van der Waals surface area (Å²) in [5, 5.41) is 28.1. The van der Waals surface area contributed by atoms with E-state index in [-0.39, 0.29) is 30.8 Å². The van der Waals surface area contributed by atoms with Gasteiger partial charge in [0.1, 0.15) is 0 Å². The standard InChI is InChI=1S/C29H32N6O4S/c1-3-30-28(37)31-23-9-7-8-22(16-23)27-38-25(19(2)26(39-27)21-14-12-20(17-36)13-15-21)18-40-29-32-33-34-35(29)24-10-5-4-6-11-24/h4-16,19,25-27,36H,3,17-18H2,1-2H3,(H2,30,31,37)/t19-,25+,26+,27+/m0/s1. The second-order valence-electron chi connectivity index (χ2n) is 9.45. The quantitative estimate of drug-likeness (QED) is 0.248. The summed E-state index contributed by atoms with van der Waals surface area (Å²) in [5.74, 6) is 0.595. The average molecular weight is 561 g/mol. The molecule has 2 amide bonds. The fraction of sp³-hybridized carbons (Fsp3) is 0.310. The lowest BCUT2D eigenvalue weighted by Crippen LogP contribution is -2.38. The molecule has 208 valence electrons. The number of carbonyl (C=O) groups excluding carboxylic acids is 1. The summed E-state index contributed by atoms with van der Waals surface area (Å²) in [6.45, 7) is 4.49. The van der Waals surface area contributed by atoms with Crippen LogP contribution in [0.15, 0.2) is 84.0 Å². The molecule has 4 atom stereocenters. The molecule has 3 aromatic carbocycles. The number of nitrogens with zero attached hydrogens (tertiary/aromatic N) is 4. The van der Waals surface area contributed by atoms with Gasteiger partial charge in [-0.2, -0.15) is 4.68 Å². The molecular formula is C29H32N6O4S. The van der Waals surface area contributed by atoms with Gasteiger partial charge in [0.2, 0.25) is 5.16 Å². The molecule has 1 aliphatic heterocycles. The number of carbonyl (C=O) groups is 1. The fourth-order valence-corrected chi connectivity index (χ4v) is 5.62. The average Bonchev–Trinajstić information content (AvgIpc) is 3.46. The first-order valence-electron chi connectivity index (χ1n) is 13.2. The Morgan fingerprint density at radius 1 is 1.02 bits per heavy atom. The molecule has 0 saturated carbocycles. The van der Waals surface area contributed by atoms with E-state index in [0.717, 1.165) is 22.4 Å². The van der Waals surface area contributed by atoms with Crippen LogP contribution in [0.25, 0.3) is 5.69 Å². The number of tetrazole rings is 1. The summed E-state index contributed by atoms with van der Waals surface area (Å²) < 4.78 is 14.8. The summed E-state index contributed by atoms with van der Waals surface area (Å²) >= 11 is 1.52. The van der Waals surface area contributed by atoms with Crippen molar-refractivity contribution in [3.8, 4) is 5.69 Å². The molecule has 0 unspecified atom stereocenters. The SMILES string of the molecule is CCNC(=O)Nc1cccc([C@@H]2O[C@H](CSc3nnnn3-c3ccccc3)[C@H](C)[C@H](c3ccc(CO)cc3)O2)c1. The van der Waals surface area contributed by atoms with E-state index in [9.17, 15) is 9.90 Å². The lowest BCUT2D eigenvalue weighted by molar-refractivity contribution is -0.268. The van der Waals surface area contributed by atoms with E-state index in [1.807, 2.05) is 85.8 Å². The zero-order valence-corrected chi connectivity index (χ0v) is 23.1. The Kier molecular flexibility index (Phi) is 9.07. The monoisotopic (exact) mass is 560 g/mol. The molecule has 10 nitrogen and oxygen atoms in total. The highest BCUT2D eigenvalue weighted by Gasteiger charge is 2.38. The van der Waals surface area contributed by atoms with Crippen molar-refractivity contribution in [3.63, 3.8) is 0 Å². The lowest BCUT2D eigenvalue weighted by atomic mass is 9.91. The Hall–Kier alpha value is -3.77. The number of hydrogen-bond acceptors (Lipinski definition) is 8. The molecule has 3 N–H and O–H groups in total. The molecule has 0 bridgehead atoms. The third kappa shape index (κ3) is 6.50. The molecule has 1 saturated heterocycles. The van der Waals surface area contributed by atoms with Crippen molar-refractivity contribution < 1.29 is 19.4 Å². The molecule has 1 aromatic heterocycles. The third-order valence-corrected chi connectivity index (χ3v) is 7.70. The Balaban J connectivity index is 1.39. The molecule has 5 rings (SSSR count). The topological polar surface area (TPSA) is 123 Å². The maximum atomic E-state index is 12.1. The first kappa shape index (κ1) is 27.8. The van der Waals surface area contributed by atoms with E-state index in [0.29, 0.717) is 23.1 Å². The van der Waals surface area contributed by atoms with Crippen LogP contribution in [0.2, 0.25) is 0 Å². The smallest absolute Gasteiger partial charge is 0.319 e. The van der Waals surface area contributed by atoms with Crippen LogP contribution in [-0.4, -0.2) is 49.7 Å². The predicted octanol–water partition coefficient (Wildman–Crippen LogP) is 4.88. The highest BCUT2D eigenvalue weighted by atomic mass is 32.2. The van der Waals surface area contributed by atoms with Crippen LogP contribution in [0.5, 0.6) is 0 Å². The molecule has 0 spiro atoms.